The van der Waals surface area contributed by atoms with Gasteiger partial charge in [0.25, 0.3) is 0 Å². The average Bonchev–Trinajstić information content (AvgIpc) is 3.00. The first-order chi connectivity index (χ1) is 9.18. The molecule has 1 aliphatic carbocycles. The predicted octanol–water partition coefficient (Wildman–Crippen LogP) is 5.01. The zero-order valence-electron chi connectivity index (χ0n) is 10.2. The molecule has 0 unspecified atom stereocenters. The molecule has 1 aromatic carbocycles. The number of benzene rings is 1. The zero-order chi connectivity index (χ0) is 13.4. The van der Waals surface area contributed by atoms with Crippen molar-refractivity contribution >= 4 is 23.2 Å². The van der Waals surface area contributed by atoms with Crippen LogP contribution in [0.15, 0.2) is 22.7 Å². The smallest absolute Gasteiger partial charge is 0.187 e. The van der Waals surface area contributed by atoms with E-state index < -0.39 is 0 Å². The van der Waals surface area contributed by atoms with Crippen LogP contribution < -0.4 is 0 Å². The van der Waals surface area contributed by atoms with Gasteiger partial charge in [-0.2, -0.15) is 0 Å². The molecule has 2 aromatic rings. The molecule has 1 aromatic heterocycles. The Labute approximate surface area is 121 Å². The summed E-state index contributed by atoms with van der Waals surface area (Å²) in [5, 5.41) is 15.2. The van der Waals surface area contributed by atoms with Crippen molar-refractivity contribution in [2.24, 2.45) is 0 Å². The van der Waals surface area contributed by atoms with Gasteiger partial charge in [0.2, 0.25) is 0 Å². The van der Waals surface area contributed by atoms with Crippen LogP contribution in [-0.4, -0.2) is 10.3 Å². The van der Waals surface area contributed by atoms with E-state index in [4.69, 9.17) is 27.7 Å². The molecule has 0 saturated heterocycles. The molecule has 0 aliphatic heterocycles. The molecular weight excluding hydrogens is 285 g/mol. The summed E-state index contributed by atoms with van der Waals surface area (Å²) >= 11 is 12.3. The van der Waals surface area contributed by atoms with Crippen molar-refractivity contribution in [3.05, 3.63) is 34.0 Å². The van der Waals surface area contributed by atoms with Gasteiger partial charge in [-0.05, 0) is 25.0 Å². The summed E-state index contributed by atoms with van der Waals surface area (Å²) < 4.78 is 5.33. The van der Waals surface area contributed by atoms with E-state index in [9.17, 15) is 5.11 Å². The molecule has 0 bridgehead atoms. The molecule has 100 valence electrons. The van der Waals surface area contributed by atoms with Crippen LogP contribution in [0.3, 0.4) is 0 Å². The van der Waals surface area contributed by atoms with Crippen LogP contribution in [0.25, 0.3) is 11.3 Å². The lowest BCUT2D eigenvalue weighted by Gasteiger charge is -2.05. The van der Waals surface area contributed by atoms with Gasteiger partial charge >= 0.3 is 0 Å². The Morgan fingerprint density at radius 1 is 1.16 bits per heavy atom. The summed E-state index contributed by atoms with van der Waals surface area (Å²) in [7, 11) is 0. The third-order valence-electron chi connectivity index (χ3n) is 3.62. The van der Waals surface area contributed by atoms with Crippen LogP contribution in [0.1, 0.15) is 37.4 Å². The lowest BCUT2D eigenvalue weighted by Crippen LogP contribution is -1.89. The highest BCUT2D eigenvalue weighted by Crippen LogP contribution is 2.45. The Balaban J connectivity index is 2.07. The van der Waals surface area contributed by atoms with Gasteiger partial charge in [-0.25, -0.2) is 0 Å². The highest BCUT2D eigenvalue weighted by atomic mass is 35.5. The maximum atomic E-state index is 10.3. The van der Waals surface area contributed by atoms with E-state index in [1.54, 1.807) is 18.2 Å². The molecule has 0 atom stereocenters. The Hall–Kier alpha value is -1.19. The molecule has 3 nitrogen and oxygen atoms in total. The first-order valence-corrected chi connectivity index (χ1v) is 7.07. The molecule has 5 heteroatoms. The monoisotopic (exact) mass is 297 g/mol. The number of halogens is 2. The maximum absolute atomic E-state index is 10.3. The summed E-state index contributed by atoms with van der Waals surface area (Å²) in [6.45, 7) is 0. The van der Waals surface area contributed by atoms with Gasteiger partial charge in [0.15, 0.2) is 17.2 Å². The molecule has 1 saturated carbocycles. The number of nitrogens with zero attached hydrogens (tertiary/aromatic N) is 1. The molecule has 0 spiro atoms. The Morgan fingerprint density at radius 2 is 1.79 bits per heavy atom. The quantitative estimate of drug-likeness (QED) is 0.847. The minimum atomic E-state index is 0.0712. The van der Waals surface area contributed by atoms with Crippen LogP contribution in [-0.2, 0) is 0 Å². The standard InChI is InChI=1S/C14H13Cl2NO2/c15-9-6-3-7-10(16)11(9)12-13(18)14(19-17-12)8-4-1-2-5-8/h3,6-8,18H,1-2,4-5H2. The normalized spacial score (nSPS) is 16.1. The van der Waals surface area contributed by atoms with E-state index >= 15 is 0 Å². The Kier molecular flexibility index (Phi) is 3.42. The molecule has 1 aliphatic rings. The fraction of sp³-hybridized carbons (Fsp3) is 0.357. The van der Waals surface area contributed by atoms with Gasteiger partial charge in [-0.1, -0.05) is 47.3 Å². The minimum absolute atomic E-state index is 0.0712. The van der Waals surface area contributed by atoms with Crippen molar-refractivity contribution < 1.29 is 9.63 Å². The number of aromatic nitrogens is 1. The maximum Gasteiger partial charge on any atom is 0.187 e. The zero-order valence-corrected chi connectivity index (χ0v) is 11.7. The highest BCUT2D eigenvalue weighted by Gasteiger charge is 2.28. The van der Waals surface area contributed by atoms with Gasteiger partial charge in [-0.3, -0.25) is 0 Å². The molecular formula is C14H13Cl2NO2. The number of hydrogen-bond acceptors (Lipinski definition) is 3. The van der Waals surface area contributed by atoms with Crippen molar-refractivity contribution in [3.63, 3.8) is 0 Å². The van der Waals surface area contributed by atoms with Crippen LogP contribution >= 0.6 is 23.2 Å². The van der Waals surface area contributed by atoms with Crippen LogP contribution in [0.2, 0.25) is 10.0 Å². The average molecular weight is 298 g/mol. The van der Waals surface area contributed by atoms with Crippen molar-refractivity contribution in [1.29, 1.82) is 0 Å². The van der Waals surface area contributed by atoms with Crippen LogP contribution in [0, 0.1) is 0 Å². The third-order valence-corrected chi connectivity index (χ3v) is 4.25. The topological polar surface area (TPSA) is 46.3 Å². The van der Waals surface area contributed by atoms with E-state index in [2.05, 4.69) is 5.16 Å². The summed E-state index contributed by atoms with van der Waals surface area (Å²) in [4.78, 5) is 0. The van der Waals surface area contributed by atoms with Crippen molar-refractivity contribution in [1.82, 2.24) is 5.16 Å². The molecule has 1 heterocycles. The lowest BCUT2D eigenvalue weighted by molar-refractivity contribution is 0.346. The third kappa shape index (κ3) is 2.21. The SMILES string of the molecule is Oc1c(-c2c(Cl)cccc2Cl)noc1C1CCCC1. The van der Waals surface area contributed by atoms with Crippen LogP contribution in [0.5, 0.6) is 5.75 Å². The molecule has 1 fully saturated rings. The van der Waals surface area contributed by atoms with Gasteiger partial charge < -0.3 is 9.63 Å². The van der Waals surface area contributed by atoms with Crippen LogP contribution in [0.4, 0.5) is 0 Å². The van der Waals surface area contributed by atoms with Gasteiger partial charge in [0.05, 0.1) is 10.0 Å². The Morgan fingerprint density at radius 3 is 2.42 bits per heavy atom. The van der Waals surface area contributed by atoms with E-state index in [0.717, 1.165) is 25.7 Å². The van der Waals surface area contributed by atoms with E-state index in [-0.39, 0.29) is 11.7 Å². The van der Waals surface area contributed by atoms with E-state index in [1.165, 1.54) is 0 Å². The molecule has 0 amide bonds. The first-order valence-electron chi connectivity index (χ1n) is 6.31. The van der Waals surface area contributed by atoms with Gasteiger partial charge in [0.1, 0.15) is 0 Å². The van der Waals surface area contributed by atoms with E-state index in [0.29, 0.717) is 27.1 Å². The summed E-state index contributed by atoms with van der Waals surface area (Å²) in [6, 6.07) is 5.18. The molecule has 1 N–H and O–H groups in total. The lowest BCUT2D eigenvalue weighted by atomic mass is 10.0. The number of hydrogen-bond donors (Lipinski definition) is 1. The minimum Gasteiger partial charge on any atom is -0.503 e. The number of aromatic hydroxyl groups is 1. The predicted molar refractivity (Wildman–Crippen MR) is 74.8 cm³/mol. The van der Waals surface area contributed by atoms with E-state index in [1.807, 2.05) is 0 Å². The first kappa shape index (κ1) is 12.8. The molecule has 3 rings (SSSR count). The molecule has 19 heavy (non-hydrogen) atoms. The summed E-state index contributed by atoms with van der Waals surface area (Å²) in [6.07, 6.45) is 4.37. The van der Waals surface area contributed by atoms with Crippen molar-refractivity contribution in [2.75, 3.05) is 0 Å². The fourth-order valence-corrected chi connectivity index (χ4v) is 3.22. The van der Waals surface area contributed by atoms with Crippen molar-refractivity contribution in [3.8, 4) is 17.0 Å². The highest BCUT2D eigenvalue weighted by molar-refractivity contribution is 6.39. The summed E-state index contributed by atoms with van der Waals surface area (Å²) in [5.74, 6) is 0.882. The second-order valence-corrected chi connectivity index (χ2v) is 5.64. The molecule has 0 radical (unpaired) electrons. The fourth-order valence-electron chi connectivity index (χ4n) is 2.64. The van der Waals surface area contributed by atoms with Gasteiger partial charge in [0, 0.05) is 11.5 Å². The summed E-state index contributed by atoms with van der Waals surface area (Å²) in [5.41, 5.74) is 0.855. The second-order valence-electron chi connectivity index (χ2n) is 4.82. The second kappa shape index (κ2) is 5.06. The number of rotatable bonds is 2. The van der Waals surface area contributed by atoms with Crippen molar-refractivity contribution in [2.45, 2.75) is 31.6 Å². The Bertz CT molecular complexity index is 583. The largest absolute Gasteiger partial charge is 0.503 e. The van der Waals surface area contributed by atoms with Gasteiger partial charge in [-0.15, -0.1) is 0 Å².